The van der Waals surface area contributed by atoms with Crippen LogP contribution in [0.25, 0.3) is 0 Å². The first-order valence-electron chi connectivity index (χ1n) is 5.86. The van der Waals surface area contributed by atoms with Crippen LogP contribution in [0.4, 0.5) is 0 Å². The van der Waals surface area contributed by atoms with Crippen LogP contribution < -0.4 is 15.2 Å². The molecule has 1 atom stereocenters. The minimum absolute atomic E-state index is 0.247. The van der Waals surface area contributed by atoms with E-state index < -0.39 is 6.10 Å². The molecule has 0 saturated carbocycles. The normalized spacial score (nSPS) is 17.3. The molecule has 1 aliphatic heterocycles. The standard InChI is InChI=1S/C13H17NO4/c1-4-7-9(16-2)5-8-10(6-14)18-13(15)11(8)12(7)17-3/h5,10H,4,6,14H2,1-3H3. The van der Waals surface area contributed by atoms with Crippen LogP contribution >= 0.6 is 0 Å². The van der Waals surface area contributed by atoms with Crippen molar-refractivity contribution in [3.05, 3.63) is 22.8 Å². The fourth-order valence-corrected chi connectivity index (χ4v) is 2.33. The predicted molar refractivity (Wildman–Crippen MR) is 66.1 cm³/mol. The molecule has 2 rings (SSSR count). The molecule has 0 bridgehead atoms. The number of hydrogen-bond acceptors (Lipinski definition) is 5. The van der Waals surface area contributed by atoms with E-state index in [1.54, 1.807) is 7.11 Å². The van der Waals surface area contributed by atoms with Gasteiger partial charge in [0.1, 0.15) is 23.2 Å². The van der Waals surface area contributed by atoms with Crippen molar-refractivity contribution in [2.75, 3.05) is 20.8 Å². The number of nitrogens with two attached hydrogens (primary N) is 1. The van der Waals surface area contributed by atoms with Crippen LogP contribution in [0.3, 0.4) is 0 Å². The van der Waals surface area contributed by atoms with Crippen molar-refractivity contribution in [1.29, 1.82) is 0 Å². The molecule has 0 saturated heterocycles. The highest BCUT2D eigenvalue weighted by Crippen LogP contribution is 2.42. The molecule has 0 fully saturated rings. The van der Waals surface area contributed by atoms with Gasteiger partial charge in [-0.25, -0.2) is 4.79 Å². The topological polar surface area (TPSA) is 70.8 Å². The Kier molecular flexibility index (Phi) is 3.43. The number of hydrogen-bond donors (Lipinski definition) is 1. The lowest BCUT2D eigenvalue weighted by molar-refractivity contribution is 0.0401. The number of fused-ring (bicyclic) bond motifs is 1. The summed E-state index contributed by atoms with van der Waals surface area (Å²) in [5, 5.41) is 0. The van der Waals surface area contributed by atoms with Crippen molar-refractivity contribution in [3.8, 4) is 11.5 Å². The largest absolute Gasteiger partial charge is 0.496 e. The number of methoxy groups -OCH3 is 2. The number of carbonyl (C=O) groups is 1. The maximum atomic E-state index is 11.9. The minimum Gasteiger partial charge on any atom is -0.496 e. The number of ether oxygens (including phenoxy) is 3. The molecule has 2 N–H and O–H groups in total. The van der Waals surface area contributed by atoms with Crippen molar-refractivity contribution in [2.24, 2.45) is 5.73 Å². The fourth-order valence-electron chi connectivity index (χ4n) is 2.33. The van der Waals surface area contributed by atoms with Gasteiger partial charge in [0, 0.05) is 17.7 Å². The van der Waals surface area contributed by atoms with Crippen LogP contribution in [0.1, 0.15) is 34.5 Å². The van der Waals surface area contributed by atoms with Gasteiger partial charge in [-0.15, -0.1) is 0 Å². The lowest BCUT2D eigenvalue weighted by atomic mass is 9.98. The van der Waals surface area contributed by atoms with E-state index in [1.165, 1.54) is 7.11 Å². The van der Waals surface area contributed by atoms with Gasteiger partial charge in [-0.3, -0.25) is 0 Å². The van der Waals surface area contributed by atoms with Gasteiger partial charge < -0.3 is 19.9 Å². The molecule has 18 heavy (non-hydrogen) atoms. The molecule has 5 nitrogen and oxygen atoms in total. The van der Waals surface area contributed by atoms with Gasteiger partial charge >= 0.3 is 5.97 Å². The van der Waals surface area contributed by atoms with Crippen LogP contribution in [0.5, 0.6) is 11.5 Å². The van der Waals surface area contributed by atoms with Crippen LogP contribution in [0.2, 0.25) is 0 Å². The third-order valence-electron chi connectivity index (χ3n) is 3.17. The maximum Gasteiger partial charge on any atom is 0.343 e. The Hall–Kier alpha value is -1.75. The van der Waals surface area contributed by atoms with Gasteiger partial charge in [-0.2, -0.15) is 0 Å². The summed E-state index contributed by atoms with van der Waals surface area (Å²) in [5.41, 5.74) is 7.70. The second kappa shape index (κ2) is 4.86. The zero-order chi connectivity index (χ0) is 13.3. The highest BCUT2D eigenvalue weighted by Gasteiger charge is 2.35. The molecule has 1 aromatic rings. The first-order chi connectivity index (χ1) is 8.67. The van der Waals surface area contributed by atoms with Crippen molar-refractivity contribution in [1.82, 2.24) is 0 Å². The van der Waals surface area contributed by atoms with E-state index in [0.29, 0.717) is 23.5 Å². The van der Waals surface area contributed by atoms with Crippen molar-refractivity contribution in [3.63, 3.8) is 0 Å². The van der Waals surface area contributed by atoms with Gasteiger partial charge in [0.05, 0.1) is 14.2 Å². The highest BCUT2D eigenvalue weighted by molar-refractivity contribution is 5.98. The maximum absolute atomic E-state index is 11.9. The Bertz CT molecular complexity index is 484. The zero-order valence-electron chi connectivity index (χ0n) is 10.8. The average molecular weight is 251 g/mol. The summed E-state index contributed by atoms with van der Waals surface area (Å²) in [6.45, 7) is 2.23. The van der Waals surface area contributed by atoms with Gasteiger partial charge in [0.15, 0.2) is 0 Å². The van der Waals surface area contributed by atoms with E-state index in [0.717, 1.165) is 11.1 Å². The Balaban J connectivity index is 2.70. The van der Waals surface area contributed by atoms with Gasteiger partial charge in [0.25, 0.3) is 0 Å². The summed E-state index contributed by atoms with van der Waals surface area (Å²) in [7, 11) is 3.13. The molecule has 0 radical (unpaired) electrons. The van der Waals surface area contributed by atoms with Gasteiger partial charge in [-0.1, -0.05) is 6.92 Å². The molecule has 1 aromatic carbocycles. The lowest BCUT2D eigenvalue weighted by Crippen LogP contribution is -2.12. The molecular weight excluding hydrogens is 234 g/mol. The SMILES string of the molecule is CCc1c(OC)cc2c(c1OC)C(=O)OC2CN. The third-order valence-corrected chi connectivity index (χ3v) is 3.17. The smallest absolute Gasteiger partial charge is 0.343 e. The predicted octanol–water partition coefficient (Wildman–Crippen LogP) is 1.44. The number of cyclic esters (lactones) is 1. The van der Waals surface area contributed by atoms with E-state index in [9.17, 15) is 4.79 Å². The first kappa shape index (κ1) is 12.7. The van der Waals surface area contributed by atoms with E-state index >= 15 is 0 Å². The second-order valence-electron chi connectivity index (χ2n) is 4.04. The van der Waals surface area contributed by atoms with Crippen LogP contribution in [0.15, 0.2) is 6.07 Å². The average Bonchev–Trinajstić information content (AvgIpc) is 2.72. The summed E-state index contributed by atoms with van der Waals surface area (Å²) in [4.78, 5) is 11.9. The molecule has 1 aliphatic rings. The molecule has 0 aliphatic carbocycles. The lowest BCUT2D eigenvalue weighted by Gasteiger charge is -2.15. The van der Waals surface area contributed by atoms with Crippen molar-refractivity contribution < 1.29 is 19.0 Å². The van der Waals surface area contributed by atoms with Crippen molar-refractivity contribution >= 4 is 5.97 Å². The van der Waals surface area contributed by atoms with Gasteiger partial charge in [0.2, 0.25) is 0 Å². The second-order valence-corrected chi connectivity index (χ2v) is 4.04. The molecule has 0 spiro atoms. The quantitative estimate of drug-likeness (QED) is 0.820. The molecule has 5 heteroatoms. The summed E-state index contributed by atoms with van der Waals surface area (Å²) >= 11 is 0. The van der Waals surface area contributed by atoms with E-state index in [2.05, 4.69) is 0 Å². The van der Waals surface area contributed by atoms with Crippen LogP contribution in [-0.4, -0.2) is 26.7 Å². The summed E-state index contributed by atoms with van der Waals surface area (Å²) in [5.74, 6) is 0.854. The summed E-state index contributed by atoms with van der Waals surface area (Å²) in [6.07, 6.45) is 0.293. The molecule has 98 valence electrons. The Morgan fingerprint density at radius 1 is 1.39 bits per heavy atom. The van der Waals surface area contributed by atoms with E-state index in [-0.39, 0.29) is 12.5 Å². The molecule has 1 unspecified atom stereocenters. The number of benzene rings is 1. The first-order valence-corrected chi connectivity index (χ1v) is 5.86. The number of rotatable bonds is 4. The highest BCUT2D eigenvalue weighted by atomic mass is 16.6. The van der Waals surface area contributed by atoms with Crippen molar-refractivity contribution in [2.45, 2.75) is 19.4 Å². The summed E-state index contributed by atoms with van der Waals surface area (Å²) in [6, 6.07) is 1.82. The molecule has 0 aromatic heterocycles. The third kappa shape index (κ3) is 1.71. The minimum atomic E-state index is -0.416. The van der Waals surface area contributed by atoms with Crippen LogP contribution in [0, 0.1) is 0 Å². The van der Waals surface area contributed by atoms with E-state index in [1.807, 2.05) is 13.0 Å². The molecule has 0 amide bonds. The number of esters is 1. The Morgan fingerprint density at radius 2 is 2.11 bits per heavy atom. The van der Waals surface area contributed by atoms with Crippen LogP contribution in [-0.2, 0) is 11.2 Å². The van der Waals surface area contributed by atoms with E-state index in [4.69, 9.17) is 19.9 Å². The Morgan fingerprint density at radius 3 is 2.61 bits per heavy atom. The monoisotopic (exact) mass is 251 g/mol. The summed E-state index contributed by atoms with van der Waals surface area (Å²) < 4.78 is 15.9. The zero-order valence-corrected chi connectivity index (χ0v) is 10.8. The van der Waals surface area contributed by atoms with Gasteiger partial charge in [-0.05, 0) is 12.5 Å². The molecular formula is C13H17NO4. The molecule has 1 heterocycles. The Labute approximate surface area is 106 Å². The fraction of sp³-hybridized carbons (Fsp3) is 0.462. The number of carbonyl (C=O) groups excluding carboxylic acids is 1.